The summed E-state index contributed by atoms with van der Waals surface area (Å²) in [6.45, 7) is 0. The minimum atomic E-state index is -0.710. The molecule has 84 valence electrons. The van der Waals surface area contributed by atoms with Gasteiger partial charge in [0.1, 0.15) is 6.10 Å². The fourth-order valence-corrected chi connectivity index (χ4v) is 1.94. The number of nitrogens with zero attached hydrogens (tertiary/aromatic N) is 2. The first kappa shape index (κ1) is 11.6. The smallest absolute Gasteiger partial charge is 0.121 e. The van der Waals surface area contributed by atoms with Crippen molar-refractivity contribution in [2.75, 3.05) is 0 Å². The SMILES string of the molecule is Cn1nccc1C(O)c1ccc(Br)c(Cl)c1. The van der Waals surface area contributed by atoms with Crippen molar-refractivity contribution in [1.29, 1.82) is 0 Å². The van der Waals surface area contributed by atoms with Gasteiger partial charge in [-0.15, -0.1) is 0 Å². The zero-order valence-corrected chi connectivity index (χ0v) is 10.9. The fourth-order valence-electron chi connectivity index (χ4n) is 1.51. The number of aryl methyl sites for hydroxylation is 1. The largest absolute Gasteiger partial charge is 0.382 e. The first-order valence-corrected chi connectivity index (χ1v) is 5.87. The molecule has 1 unspecified atom stereocenters. The molecule has 0 saturated heterocycles. The van der Waals surface area contributed by atoms with Crippen LogP contribution in [0, 0.1) is 0 Å². The van der Waals surface area contributed by atoms with Crippen LogP contribution in [0.2, 0.25) is 5.02 Å². The molecular weight excluding hydrogens is 291 g/mol. The van der Waals surface area contributed by atoms with E-state index in [1.807, 2.05) is 12.1 Å². The van der Waals surface area contributed by atoms with Crippen molar-refractivity contribution in [3.63, 3.8) is 0 Å². The van der Waals surface area contributed by atoms with Crippen LogP contribution in [0.5, 0.6) is 0 Å². The molecule has 3 nitrogen and oxygen atoms in total. The molecule has 0 bridgehead atoms. The van der Waals surface area contributed by atoms with Gasteiger partial charge < -0.3 is 5.11 Å². The molecule has 1 aromatic heterocycles. The fraction of sp³-hybridized carbons (Fsp3) is 0.182. The van der Waals surface area contributed by atoms with Gasteiger partial charge in [-0.2, -0.15) is 5.10 Å². The summed E-state index contributed by atoms with van der Waals surface area (Å²) in [5, 5.41) is 14.7. The number of aromatic nitrogens is 2. The molecule has 1 atom stereocenters. The molecule has 0 spiro atoms. The van der Waals surface area contributed by atoms with Gasteiger partial charge in [0, 0.05) is 17.7 Å². The summed E-state index contributed by atoms with van der Waals surface area (Å²) in [4.78, 5) is 0. The van der Waals surface area contributed by atoms with Crippen LogP contribution in [0.25, 0.3) is 0 Å². The maximum atomic E-state index is 10.1. The number of benzene rings is 1. The standard InChI is InChI=1S/C11H10BrClN2O/c1-15-10(4-5-14-15)11(16)7-2-3-8(12)9(13)6-7/h2-6,11,16H,1H3. The van der Waals surface area contributed by atoms with E-state index < -0.39 is 6.10 Å². The Bertz CT molecular complexity index is 512. The lowest BCUT2D eigenvalue weighted by Crippen LogP contribution is -2.06. The summed E-state index contributed by atoms with van der Waals surface area (Å²) in [7, 11) is 1.79. The highest BCUT2D eigenvalue weighted by molar-refractivity contribution is 9.10. The Morgan fingerprint density at radius 3 is 2.75 bits per heavy atom. The van der Waals surface area contributed by atoms with Crippen molar-refractivity contribution in [1.82, 2.24) is 9.78 Å². The molecule has 16 heavy (non-hydrogen) atoms. The van der Waals surface area contributed by atoms with E-state index in [2.05, 4.69) is 21.0 Å². The number of rotatable bonds is 2. The number of aliphatic hydroxyl groups is 1. The number of hydrogen-bond donors (Lipinski definition) is 1. The minimum Gasteiger partial charge on any atom is -0.382 e. The van der Waals surface area contributed by atoms with E-state index in [4.69, 9.17) is 11.6 Å². The van der Waals surface area contributed by atoms with Crippen LogP contribution in [0.15, 0.2) is 34.9 Å². The van der Waals surface area contributed by atoms with Crippen LogP contribution in [0.4, 0.5) is 0 Å². The molecule has 0 amide bonds. The zero-order chi connectivity index (χ0) is 11.7. The molecule has 0 aliphatic heterocycles. The lowest BCUT2D eigenvalue weighted by molar-refractivity contribution is 0.210. The molecule has 1 N–H and O–H groups in total. The Kier molecular flexibility index (Phi) is 3.33. The Hall–Kier alpha value is -0.840. The molecule has 5 heteroatoms. The second-order valence-electron chi connectivity index (χ2n) is 3.46. The van der Waals surface area contributed by atoms with Gasteiger partial charge >= 0.3 is 0 Å². The summed E-state index contributed by atoms with van der Waals surface area (Å²) in [6, 6.07) is 7.16. The van der Waals surface area contributed by atoms with Gasteiger partial charge in [0.2, 0.25) is 0 Å². The minimum absolute atomic E-state index is 0.582. The molecule has 0 fully saturated rings. The van der Waals surface area contributed by atoms with Crippen molar-refractivity contribution in [2.45, 2.75) is 6.10 Å². The van der Waals surface area contributed by atoms with Crippen molar-refractivity contribution in [3.8, 4) is 0 Å². The maximum absolute atomic E-state index is 10.1. The van der Waals surface area contributed by atoms with Gasteiger partial charge in [0.05, 0.1) is 10.7 Å². The normalized spacial score (nSPS) is 12.8. The van der Waals surface area contributed by atoms with Gasteiger partial charge in [-0.1, -0.05) is 17.7 Å². The Morgan fingerprint density at radius 1 is 1.44 bits per heavy atom. The third-order valence-corrected chi connectivity index (χ3v) is 3.63. The van der Waals surface area contributed by atoms with E-state index in [9.17, 15) is 5.11 Å². The molecule has 1 heterocycles. The van der Waals surface area contributed by atoms with E-state index in [0.29, 0.717) is 5.02 Å². The van der Waals surface area contributed by atoms with Crippen molar-refractivity contribution >= 4 is 27.5 Å². The summed E-state index contributed by atoms with van der Waals surface area (Å²) in [5.41, 5.74) is 1.48. The van der Waals surface area contributed by atoms with Crippen LogP contribution in [-0.2, 0) is 7.05 Å². The van der Waals surface area contributed by atoms with Crippen molar-refractivity contribution < 1.29 is 5.11 Å². The lowest BCUT2D eigenvalue weighted by atomic mass is 10.1. The van der Waals surface area contributed by atoms with Crippen LogP contribution in [0.3, 0.4) is 0 Å². The van der Waals surface area contributed by atoms with Crippen LogP contribution < -0.4 is 0 Å². The molecule has 0 aliphatic rings. The molecule has 1 aromatic carbocycles. The Morgan fingerprint density at radius 2 is 2.19 bits per heavy atom. The third-order valence-electron chi connectivity index (χ3n) is 2.40. The lowest BCUT2D eigenvalue weighted by Gasteiger charge is -2.12. The second kappa shape index (κ2) is 4.57. The summed E-state index contributed by atoms with van der Waals surface area (Å²) >= 11 is 9.29. The number of halogens is 2. The topological polar surface area (TPSA) is 38.0 Å². The van der Waals surface area contributed by atoms with Crippen molar-refractivity contribution in [3.05, 3.63) is 51.2 Å². The van der Waals surface area contributed by atoms with E-state index in [1.165, 1.54) is 0 Å². The average molecular weight is 302 g/mol. The zero-order valence-electron chi connectivity index (χ0n) is 8.56. The Balaban J connectivity index is 2.38. The predicted molar refractivity (Wildman–Crippen MR) is 66.4 cm³/mol. The molecule has 2 aromatic rings. The van der Waals surface area contributed by atoms with Gasteiger partial charge in [-0.25, -0.2) is 0 Å². The van der Waals surface area contributed by atoms with Gasteiger partial charge in [-0.05, 0) is 39.7 Å². The quantitative estimate of drug-likeness (QED) is 0.926. The van der Waals surface area contributed by atoms with E-state index in [1.54, 1.807) is 30.1 Å². The highest BCUT2D eigenvalue weighted by Crippen LogP contribution is 2.28. The van der Waals surface area contributed by atoms with E-state index in [-0.39, 0.29) is 0 Å². The van der Waals surface area contributed by atoms with Gasteiger partial charge in [0.15, 0.2) is 0 Å². The van der Waals surface area contributed by atoms with Crippen LogP contribution >= 0.6 is 27.5 Å². The highest BCUT2D eigenvalue weighted by atomic mass is 79.9. The second-order valence-corrected chi connectivity index (χ2v) is 4.72. The molecule has 0 radical (unpaired) electrons. The van der Waals surface area contributed by atoms with Crippen LogP contribution in [0.1, 0.15) is 17.4 Å². The average Bonchev–Trinajstić information content (AvgIpc) is 2.67. The first-order chi connectivity index (χ1) is 7.59. The summed E-state index contributed by atoms with van der Waals surface area (Å²) in [5.74, 6) is 0. The molecule has 0 saturated carbocycles. The molecular formula is C11H10BrClN2O. The van der Waals surface area contributed by atoms with Crippen LogP contribution in [-0.4, -0.2) is 14.9 Å². The summed E-state index contributed by atoms with van der Waals surface area (Å²) in [6.07, 6.45) is 0.942. The predicted octanol–water partition coefficient (Wildman–Crippen LogP) is 2.92. The number of aliphatic hydroxyl groups excluding tert-OH is 1. The van der Waals surface area contributed by atoms with E-state index >= 15 is 0 Å². The molecule has 2 rings (SSSR count). The maximum Gasteiger partial charge on any atom is 0.121 e. The first-order valence-electron chi connectivity index (χ1n) is 4.70. The molecule has 0 aliphatic carbocycles. The highest BCUT2D eigenvalue weighted by Gasteiger charge is 2.14. The van der Waals surface area contributed by atoms with Gasteiger partial charge in [-0.3, -0.25) is 4.68 Å². The third kappa shape index (κ3) is 2.14. The van der Waals surface area contributed by atoms with Crippen molar-refractivity contribution in [2.24, 2.45) is 7.05 Å². The Labute approximate surface area is 107 Å². The number of hydrogen-bond acceptors (Lipinski definition) is 2. The van der Waals surface area contributed by atoms with E-state index in [0.717, 1.165) is 15.7 Å². The van der Waals surface area contributed by atoms with Gasteiger partial charge in [0.25, 0.3) is 0 Å². The summed E-state index contributed by atoms with van der Waals surface area (Å²) < 4.78 is 2.45. The monoisotopic (exact) mass is 300 g/mol.